The first-order valence-corrected chi connectivity index (χ1v) is 8.42. The number of para-hydroxylation sites is 1. The number of nitrogens with one attached hydrogen (secondary N) is 1. The van der Waals surface area contributed by atoms with E-state index in [1.165, 1.54) is 0 Å². The molecule has 5 nitrogen and oxygen atoms in total. The summed E-state index contributed by atoms with van der Waals surface area (Å²) in [5.41, 5.74) is 1.01. The SMILES string of the molecule is CCCCOC(=O)c1ccc(NC(=O)COc2ccccc2Cl)cc1. The minimum Gasteiger partial charge on any atom is -0.482 e. The maximum atomic E-state index is 11.9. The van der Waals surface area contributed by atoms with Crippen molar-refractivity contribution >= 4 is 29.2 Å². The Bertz CT molecular complexity index is 716. The molecule has 0 fully saturated rings. The van der Waals surface area contributed by atoms with Gasteiger partial charge in [-0.3, -0.25) is 4.79 Å². The Morgan fingerprint density at radius 1 is 1.08 bits per heavy atom. The molecule has 1 N–H and O–H groups in total. The van der Waals surface area contributed by atoms with E-state index in [2.05, 4.69) is 5.32 Å². The monoisotopic (exact) mass is 361 g/mol. The molecule has 1 amide bonds. The van der Waals surface area contributed by atoms with Crippen LogP contribution in [0.1, 0.15) is 30.1 Å². The molecule has 2 aromatic rings. The molecule has 0 unspecified atom stereocenters. The number of hydrogen-bond donors (Lipinski definition) is 1. The summed E-state index contributed by atoms with van der Waals surface area (Å²) in [6.45, 7) is 2.28. The zero-order chi connectivity index (χ0) is 18.1. The zero-order valence-corrected chi connectivity index (χ0v) is 14.7. The van der Waals surface area contributed by atoms with Crippen LogP contribution in [0.25, 0.3) is 0 Å². The number of anilines is 1. The number of amides is 1. The molecule has 2 rings (SSSR count). The van der Waals surface area contributed by atoms with Crippen LogP contribution in [-0.2, 0) is 9.53 Å². The molecule has 6 heteroatoms. The van der Waals surface area contributed by atoms with E-state index in [1.54, 1.807) is 48.5 Å². The van der Waals surface area contributed by atoms with E-state index >= 15 is 0 Å². The van der Waals surface area contributed by atoms with Gasteiger partial charge < -0.3 is 14.8 Å². The Morgan fingerprint density at radius 2 is 1.80 bits per heavy atom. The third kappa shape index (κ3) is 6.12. The van der Waals surface area contributed by atoms with Crippen molar-refractivity contribution in [2.75, 3.05) is 18.5 Å². The topological polar surface area (TPSA) is 64.6 Å². The quantitative estimate of drug-likeness (QED) is 0.562. The fourth-order valence-corrected chi connectivity index (χ4v) is 2.17. The molecule has 0 radical (unpaired) electrons. The lowest BCUT2D eigenvalue weighted by molar-refractivity contribution is -0.118. The molecule has 0 aliphatic heterocycles. The van der Waals surface area contributed by atoms with Crippen LogP contribution in [0.2, 0.25) is 5.02 Å². The van der Waals surface area contributed by atoms with Crippen molar-refractivity contribution in [3.8, 4) is 5.75 Å². The molecule has 25 heavy (non-hydrogen) atoms. The minimum absolute atomic E-state index is 0.162. The molecule has 0 aliphatic carbocycles. The van der Waals surface area contributed by atoms with Gasteiger partial charge in [-0.15, -0.1) is 0 Å². The van der Waals surface area contributed by atoms with Crippen LogP contribution in [0.3, 0.4) is 0 Å². The fraction of sp³-hybridized carbons (Fsp3) is 0.263. The van der Waals surface area contributed by atoms with E-state index in [0.29, 0.717) is 28.6 Å². The van der Waals surface area contributed by atoms with Crippen LogP contribution in [0, 0.1) is 0 Å². The van der Waals surface area contributed by atoms with E-state index in [9.17, 15) is 9.59 Å². The van der Waals surface area contributed by atoms with E-state index in [4.69, 9.17) is 21.1 Å². The van der Waals surface area contributed by atoms with Gasteiger partial charge in [0.05, 0.1) is 17.2 Å². The number of carbonyl (C=O) groups excluding carboxylic acids is 2. The first-order valence-electron chi connectivity index (χ1n) is 8.04. The Balaban J connectivity index is 1.83. The number of unbranched alkanes of at least 4 members (excludes halogenated alkanes) is 1. The second-order valence-electron chi connectivity index (χ2n) is 5.33. The number of benzene rings is 2. The summed E-state index contributed by atoms with van der Waals surface area (Å²) < 4.78 is 10.5. The van der Waals surface area contributed by atoms with Crippen LogP contribution in [-0.4, -0.2) is 25.1 Å². The van der Waals surface area contributed by atoms with Gasteiger partial charge in [0.15, 0.2) is 6.61 Å². The Kier molecular flexibility index (Phi) is 7.29. The Labute approximate surface area is 151 Å². The van der Waals surface area contributed by atoms with Crippen molar-refractivity contribution in [1.82, 2.24) is 0 Å². The van der Waals surface area contributed by atoms with Gasteiger partial charge in [0.25, 0.3) is 5.91 Å². The molecule has 0 heterocycles. The Hall–Kier alpha value is -2.53. The first-order chi connectivity index (χ1) is 12.1. The first kappa shape index (κ1) is 18.8. The average Bonchev–Trinajstić information content (AvgIpc) is 2.62. The summed E-state index contributed by atoms with van der Waals surface area (Å²) in [7, 11) is 0. The molecule has 2 aromatic carbocycles. The fourth-order valence-electron chi connectivity index (χ4n) is 1.98. The van der Waals surface area contributed by atoms with Crippen LogP contribution < -0.4 is 10.1 Å². The highest BCUT2D eigenvalue weighted by atomic mass is 35.5. The summed E-state index contributed by atoms with van der Waals surface area (Å²) in [6, 6.07) is 13.4. The second kappa shape index (κ2) is 9.69. The van der Waals surface area contributed by atoms with Gasteiger partial charge in [-0.05, 0) is 42.8 Å². The zero-order valence-electron chi connectivity index (χ0n) is 14.0. The molecule has 0 atom stereocenters. The van der Waals surface area contributed by atoms with E-state index in [1.807, 2.05) is 6.92 Å². The van der Waals surface area contributed by atoms with Crippen LogP contribution in [0.4, 0.5) is 5.69 Å². The summed E-state index contributed by atoms with van der Waals surface area (Å²) in [5, 5.41) is 3.14. The van der Waals surface area contributed by atoms with E-state index < -0.39 is 0 Å². The molecular weight excluding hydrogens is 342 g/mol. The molecule has 0 saturated carbocycles. The predicted octanol–water partition coefficient (Wildman–Crippen LogP) is 4.31. The lowest BCUT2D eigenvalue weighted by Crippen LogP contribution is -2.20. The van der Waals surface area contributed by atoms with Gasteiger partial charge in [-0.25, -0.2) is 4.79 Å². The third-order valence-electron chi connectivity index (χ3n) is 3.33. The van der Waals surface area contributed by atoms with Gasteiger partial charge in [0.2, 0.25) is 0 Å². The maximum Gasteiger partial charge on any atom is 0.338 e. The molecule has 0 saturated heterocycles. The molecule has 0 aromatic heterocycles. The highest BCUT2D eigenvalue weighted by Crippen LogP contribution is 2.23. The number of rotatable bonds is 8. The van der Waals surface area contributed by atoms with Gasteiger partial charge >= 0.3 is 5.97 Å². The molecule has 132 valence electrons. The van der Waals surface area contributed by atoms with Gasteiger partial charge in [0.1, 0.15) is 5.75 Å². The van der Waals surface area contributed by atoms with Gasteiger partial charge in [0, 0.05) is 5.69 Å². The number of esters is 1. The summed E-state index contributed by atoms with van der Waals surface area (Å²) in [4.78, 5) is 23.7. The van der Waals surface area contributed by atoms with Crippen molar-refractivity contribution in [2.24, 2.45) is 0 Å². The lowest BCUT2D eigenvalue weighted by Gasteiger charge is -2.09. The third-order valence-corrected chi connectivity index (χ3v) is 3.64. The van der Waals surface area contributed by atoms with Gasteiger partial charge in [-0.1, -0.05) is 37.1 Å². The summed E-state index contributed by atoms with van der Waals surface area (Å²) >= 11 is 5.96. The summed E-state index contributed by atoms with van der Waals surface area (Å²) in [6.07, 6.45) is 1.81. The van der Waals surface area contributed by atoms with Crippen molar-refractivity contribution in [3.63, 3.8) is 0 Å². The van der Waals surface area contributed by atoms with Gasteiger partial charge in [-0.2, -0.15) is 0 Å². The standard InChI is InChI=1S/C19H20ClNO4/c1-2-3-12-24-19(23)14-8-10-15(11-9-14)21-18(22)13-25-17-7-5-4-6-16(17)20/h4-11H,2-3,12-13H2,1H3,(H,21,22). The summed E-state index contributed by atoms with van der Waals surface area (Å²) in [5.74, 6) is -0.240. The molecular formula is C19H20ClNO4. The minimum atomic E-state index is -0.367. The molecule has 0 spiro atoms. The molecule has 0 aliphatic rings. The van der Waals surface area contributed by atoms with Crippen LogP contribution in [0.5, 0.6) is 5.75 Å². The average molecular weight is 362 g/mol. The van der Waals surface area contributed by atoms with E-state index in [0.717, 1.165) is 12.8 Å². The number of hydrogen-bond acceptors (Lipinski definition) is 4. The van der Waals surface area contributed by atoms with Crippen LogP contribution in [0.15, 0.2) is 48.5 Å². The van der Waals surface area contributed by atoms with E-state index in [-0.39, 0.29) is 18.5 Å². The van der Waals surface area contributed by atoms with Crippen molar-refractivity contribution in [3.05, 3.63) is 59.1 Å². The van der Waals surface area contributed by atoms with Crippen molar-refractivity contribution < 1.29 is 19.1 Å². The van der Waals surface area contributed by atoms with Crippen molar-refractivity contribution in [1.29, 1.82) is 0 Å². The predicted molar refractivity (Wildman–Crippen MR) is 97.2 cm³/mol. The largest absolute Gasteiger partial charge is 0.482 e. The van der Waals surface area contributed by atoms with Crippen molar-refractivity contribution in [2.45, 2.75) is 19.8 Å². The highest BCUT2D eigenvalue weighted by molar-refractivity contribution is 6.32. The molecule has 0 bridgehead atoms. The van der Waals surface area contributed by atoms with Crippen LogP contribution >= 0.6 is 11.6 Å². The smallest absolute Gasteiger partial charge is 0.338 e. The lowest BCUT2D eigenvalue weighted by atomic mass is 10.2. The number of carbonyl (C=O) groups is 2. The normalized spacial score (nSPS) is 10.2. The number of ether oxygens (including phenoxy) is 2. The highest BCUT2D eigenvalue weighted by Gasteiger charge is 2.09. The number of halogens is 1. The second-order valence-corrected chi connectivity index (χ2v) is 5.74. The maximum absolute atomic E-state index is 11.9. The Morgan fingerprint density at radius 3 is 2.48 bits per heavy atom.